The number of hydrogen-bond donors (Lipinski definition) is 2. The Morgan fingerprint density at radius 2 is 1.55 bits per heavy atom. The van der Waals surface area contributed by atoms with Gasteiger partial charge in [-0.2, -0.15) is 0 Å². The minimum atomic E-state index is -1.33. The molecule has 0 rings (SSSR count). The van der Waals surface area contributed by atoms with E-state index in [1.165, 1.54) is 20.3 Å². The summed E-state index contributed by atoms with van der Waals surface area (Å²) in [7, 11) is 0. The van der Waals surface area contributed by atoms with Gasteiger partial charge >= 0.3 is 35.5 Å². The molecule has 0 aromatic carbocycles. The normalized spacial score (nSPS) is 16.2. The molecule has 0 heterocycles. The van der Waals surface area contributed by atoms with Gasteiger partial charge in [0.1, 0.15) is 6.04 Å². The van der Waals surface area contributed by atoms with Gasteiger partial charge in [-0.05, 0) is 26.7 Å². The number of carbonyl (C=O) groups excluding carboxylic acids is 1. The minimum Gasteiger partial charge on any atom is -0.544 e. The Balaban J connectivity index is 0. The Kier molecular flexibility index (Phi) is 13.5. The Morgan fingerprint density at radius 3 is 1.95 bits per heavy atom. The van der Waals surface area contributed by atoms with Crippen molar-refractivity contribution in [3.05, 3.63) is 0 Å². The van der Waals surface area contributed by atoms with Gasteiger partial charge in [-0.25, -0.2) is 4.79 Å². The number of rotatable bonds is 12. The van der Waals surface area contributed by atoms with Crippen molar-refractivity contribution in [2.45, 2.75) is 71.4 Å². The molecule has 0 bridgehead atoms. The molecule has 2 N–H and O–H groups in total. The van der Waals surface area contributed by atoms with E-state index in [0.29, 0.717) is 13.0 Å². The average Bonchev–Trinajstić information content (AvgIpc) is 2.45. The van der Waals surface area contributed by atoms with Gasteiger partial charge in [-0.1, -0.05) is 32.6 Å². The molecule has 7 heteroatoms. The third-order valence-corrected chi connectivity index (χ3v) is 4.43. The van der Waals surface area contributed by atoms with E-state index in [9.17, 15) is 24.9 Å². The maximum Gasteiger partial charge on any atom is 1.00 e. The van der Waals surface area contributed by atoms with Gasteiger partial charge in [0.15, 0.2) is 12.8 Å². The fourth-order valence-corrected chi connectivity index (χ4v) is 2.65. The summed E-state index contributed by atoms with van der Waals surface area (Å²) in [5.41, 5.74) is 0. The molecule has 0 aliphatic heterocycles. The summed E-state index contributed by atoms with van der Waals surface area (Å²) in [4.78, 5) is 22.4. The molecule has 0 fully saturated rings. The first-order chi connectivity index (χ1) is 9.83. The van der Waals surface area contributed by atoms with Crippen LogP contribution in [-0.2, 0) is 9.59 Å². The predicted octanol–water partition coefficient (Wildman–Crippen LogP) is -2.27. The van der Waals surface area contributed by atoms with Gasteiger partial charge in [0, 0.05) is 0 Å². The van der Waals surface area contributed by atoms with E-state index in [4.69, 9.17) is 0 Å². The molecule has 0 aliphatic carbocycles. The third kappa shape index (κ3) is 6.96. The molecule has 0 radical (unpaired) electrons. The van der Waals surface area contributed by atoms with Crippen LogP contribution < -0.4 is 34.7 Å². The van der Waals surface area contributed by atoms with E-state index in [1.54, 1.807) is 0 Å². The van der Waals surface area contributed by atoms with E-state index >= 15 is 0 Å². The molecule has 0 saturated heterocycles. The summed E-state index contributed by atoms with van der Waals surface area (Å²) in [6.45, 7) is 4.78. The third-order valence-electron chi connectivity index (χ3n) is 4.43. The second-order valence-corrected chi connectivity index (χ2v) is 5.74. The quantitative estimate of drug-likeness (QED) is 0.182. The zero-order valence-electron chi connectivity index (χ0n) is 14.4. The van der Waals surface area contributed by atoms with E-state index in [0.717, 1.165) is 25.7 Å². The number of carboxylic acid groups (broad SMARTS) is 2. The van der Waals surface area contributed by atoms with Crippen LogP contribution in [-0.4, -0.2) is 52.0 Å². The number of nitrogens with zero attached hydrogens (tertiary/aromatic N) is 1. The number of unbranched alkanes of at least 4 members (excludes halogenated alkanes) is 5. The van der Waals surface area contributed by atoms with Crippen LogP contribution in [0.5, 0.6) is 0 Å². The maximum atomic E-state index is 11.3. The second-order valence-electron chi connectivity index (χ2n) is 5.74. The number of hydrogen-bond acceptors (Lipinski definition) is 4. The Morgan fingerprint density at radius 1 is 1.05 bits per heavy atom. The van der Waals surface area contributed by atoms with Crippen molar-refractivity contribution in [3.63, 3.8) is 0 Å². The number of aliphatic hydroxyl groups excluding tert-OH is 1. The average molecular weight is 326 g/mol. The van der Waals surface area contributed by atoms with Crippen molar-refractivity contribution in [1.82, 2.24) is 0 Å². The van der Waals surface area contributed by atoms with Crippen molar-refractivity contribution >= 4 is 11.9 Å². The van der Waals surface area contributed by atoms with Gasteiger partial charge in [-0.15, -0.1) is 0 Å². The van der Waals surface area contributed by atoms with E-state index < -0.39 is 30.8 Å². The molecule has 124 valence electrons. The van der Waals surface area contributed by atoms with Crippen LogP contribution in [0.1, 0.15) is 59.3 Å². The van der Waals surface area contributed by atoms with E-state index in [1.807, 2.05) is 0 Å². The zero-order chi connectivity index (χ0) is 16.5. The molecule has 3 atom stereocenters. The monoisotopic (exact) mass is 326 g/mol. The molecule has 0 aromatic heterocycles. The summed E-state index contributed by atoms with van der Waals surface area (Å²) in [5.74, 6) is -2.44. The SMILES string of the molecule is CCCCCCCC[N+](CO)(C(C)C(=O)[O-])C(C)C(=O)O.[Na+]. The van der Waals surface area contributed by atoms with Gasteiger partial charge < -0.3 is 20.1 Å². The molecule has 6 nitrogen and oxygen atoms in total. The number of aliphatic carboxylic acids is 2. The minimum absolute atomic E-state index is 0. The Hall–Kier alpha value is -0.140. The van der Waals surface area contributed by atoms with Gasteiger partial charge in [0.25, 0.3) is 0 Å². The number of carbonyl (C=O) groups is 2. The largest absolute Gasteiger partial charge is 1.00 e. The second kappa shape index (κ2) is 12.3. The molecule has 0 aromatic rings. The van der Waals surface area contributed by atoms with Crippen LogP contribution >= 0.6 is 0 Å². The van der Waals surface area contributed by atoms with Crippen molar-refractivity contribution in [2.75, 3.05) is 13.3 Å². The first kappa shape index (κ1) is 24.1. The van der Waals surface area contributed by atoms with Crippen LogP contribution in [0.25, 0.3) is 0 Å². The van der Waals surface area contributed by atoms with Crippen molar-refractivity contribution in [2.24, 2.45) is 0 Å². The van der Waals surface area contributed by atoms with Crippen LogP contribution in [0.3, 0.4) is 0 Å². The van der Waals surface area contributed by atoms with Gasteiger partial charge in [0.05, 0.1) is 12.5 Å². The van der Waals surface area contributed by atoms with Crippen molar-refractivity contribution in [1.29, 1.82) is 0 Å². The smallest absolute Gasteiger partial charge is 0.544 e. The van der Waals surface area contributed by atoms with Crippen LogP contribution in [0.4, 0.5) is 0 Å². The van der Waals surface area contributed by atoms with Crippen LogP contribution in [0, 0.1) is 0 Å². The number of quaternary nitrogens is 1. The van der Waals surface area contributed by atoms with E-state index in [-0.39, 0.29) is 34.0 Å². The molecule has 0 saturated carbocycles. The van der Waals surface area contributed by atoms with E-state index in [2.05, 4.69) is 6.92 Å². The summed E-state index contributed by atoms with van der Waals surface area (Å²) < 4.78 is -0.383. The molecule has 0 spiro atoms. The fourth-order valence-electron chi connectivity index (χ4n) is 2.65. The Bertz CT molecular complexity index is 318. The summed E-state index contributed by atoms with van der Waals surface area (Å²) >= 11 is 0. The zero-order valence-corrected chi connectivity index (χ0v) is 16.4. The molecule has 22 heavy (non-hydrogen) atoms. The molecule has 3 unspecified atom stereocenters. The number of aliphatic hydroxyl groups is 1. The topological polar surface area (TPSA) is 97.7 Å². The first-order valence-corrected chi connectivity index (χ1v) is 7.74. The van der Waals surface area contributed by atoms with Crippen molar-refractivity contribution < 1.29 is 58.9 Å². The number of carboxylic acids is 2. The van der Waals surface area contributed by atoms with Crippen LogP contribution in [0.15, 0.2) is 0 Å². The standard InChI is InChI=1S/C15H29NO5.Na/c1-4-5-6-7-8-9-10-16(11-17,12(2)14(18)19)13(3)15(20)21;/h12-13,17H,4-11H2,1-3H3,(H-,18,19,20,21);/q;+1. The molecular formula is C15H29NNaO5+. The van der Waals surface area contributed by atoms with Crippen LogP contribution in [0.2, 0.25) is 0 Å². The Labute approximate surface area is 155 Å². The maximum absolute atomic E-state index is 11.3. The molecule has 0 aliphatic rings. The molecular weight excluding hydrogens is 297 g/mol. The molecule has 0 amide bonds. The van der Waals surface area contributed by atoms with Gasteiger partial charge in [-0.3, -0.25) is 4.48 Å². The summed E-state index contributed by atoms with van der Waals surface area (Å²) in [5, 5.41) is 30.1. The summed E-state index contributed by atoms with van der Waals surface area (Å²) in [6.07, 6.45) is 6.08. The first-order valence-electron chi connectivity index (χ1n) is 7.74. The summed E-state index contributed by atoms with van der Waals surface area (Å²) in [6, 6.07) is -2.05. The van der Waals surface area contributed by atoms with Crippen molar-refractivity contribution in [3.8, 4) is 0 Å². The predicted molar refractivity (Wildman–Crippen MR) is 77.2 cm³/mol. The van der Waals surface area contributed by atoms with Gasteiger partial charge in [0.2, 0.25) is 0 Å². The fraction of sp³-hybridized carbons (Fsp3) is 0.867.